The van der Waals surface area contributed by atoms with E-state index in [9.17, 15) is 4.79 Å². The predicted molar refractivity (Wildman–Crippen MR) is 41.8 cm³/mol. The zero-order chi connectivity index (χ0) is 8.43. The molecule has 60 valence electrons. The summed E-state index contributed by atoms with van der Waals surface area (Å²) in [5, 5.41) is 8.50. The number of rotatable bonds is 1. The fraction of sp³-hybridized carbons (Fsp3) is 0.286. The summed E-state index contributed by atoms with van der Waals surface area (Å²) in [6.07, 6.45) is 1.70. The maximum Gasteiger partial charge on any atom is 0.275 e. The van der Waals surface area contributed by atoms with Crippen LogP contribution in [0.2, 0.25) is 0 Å². The van der Waals surface area contributed by atoms with Crippen LogP contribution in [-0.4, -0.2) is 9.77 Å². The van der Waals surface area contributed by atoms with Gasteiger partial charge in [0.1, 0.15) is 5.69 Å². The molecule has 4 heteroatoms. The van der Waals surface area contributed by atoms with Gasteiger partial charge in [-0.15, -0.1) is 0 Å². The molecule has 0 bridgehead atoms. The molecule has 4 nitrogen and oxygen atoms in total. The first-order chi connectivity index (χ1) is 5.15. The van der Waals surface area contributed by atoms with E-state index < -0.39 is 0 Å². The van der Waals surface area contributed by atoms with E-state index in [0.717, 1.165) is 5.56 Å². The van der Waals surface area contributed by atoms with Gasteiger partial charge in [0, 0.05) is 13.2 Å². The lowest BCUT2D eigenvalue weighted by atomic mass is 10.3. The summed E-state index contributed by atoms with van der Waals surface area (Å²) >= 11 is 0. The van der Waals surface area contributed by atoms with Crippen LogP contribution < -0.4 is 11.0 Å². The molecular weight excluding hydrogens is 144 g/mol. The second-order valence-corrected chi connectivity index (χ2v) is 2.46. The van der Waals surface area contributed by atoms with E-state index >= 15 is 0 Å². The zero-order valence-electron chi connectivity index (χ0n) is 6.46. The van der Waals surface area contributed by atoms with Gasteiger partial charge < -0.3 is 4.57 Å². The van der Waals surface area contributed by atoms with Crippen molar-refractivity contribution in [3.8, 4) is 0 Å². The summed E-state index contributed by atoms with van der Waals surface area (Å²) in [4.78, 5) is 11.1. The Morgan fingerprint density at radius 3 is 2.82 bits per heavy atom. The Hall–Kier alpha value is -1.29. The molecule has 0 atom stereocenters. The van der Waals surface area contributed by atoms with Crippen LogP contribution in [0.1, 0.15) is 5.56 Å². The second-order valence-electron chi connectivity index (χ2n) is 2.46. The monoisotopic (exact) mass is 154 g/mol. The highest BCUT2D eigenvalue weighted by atomic mass is 16.5. The van der Waals surface area contributed by atoms with Crippen molar-refractivity contribution in [2.24, 2.45) is 7.05 Å². The molecule has 0 aliphatic heterocycles. The fourth-order valence-electron chi connectivity index (χ4n) is 0.961. The number of aromatic nitrogens is 1. The van der Waals surface area contributed by atoms with Gasteiger partial charge in [-0.25, -0.2) is 0 Å². The van der Waals surface area contributed by atoms with Crippen molar-refractivity contribution in [2.75, 3.05) is 5.48 Å². The van der Waals surface area contributed by atoms with E-state index in [-0.39, 0.29) is 11.2 Å². The van der Waals surface area contributed by atoms with Crippen LogP contribution in [0.4, 0.5) is 5.69 Å². The molecular formula is C7H10N2O2. The first-order valence-corrected chi connectivity index (χ1v) is 3.22. The summed E-state index contributed by atoms with van der Waals surface area (Å²) in [7, 11) is 1.64. The number of pyridine rings is 1. The van der Waals surface area contributed by atoms with Gasteiger partial charge in [0.15, 0.2) is 0 Å². The average Bonchev–Trinajstić information content (AvgIpc) is 1.96. The third-order valence-electron chi connectivity index (χ3n) is 1.44. The Morgan fingerprint density at radius 2 is 2.27 bits per heavy atom. The van der Waals surface area contributed by atoms with Crippen molar-refractivity contribution < 1.29 is 5.21 Å². The molecule has 0 saturated carbocycles. The fourth-order valence-corrected chi connectivity index (χ4v) is 0.961. The highest BCUT2D eigenvalue weighted by Gasteiger charge is 1.99. The summed E-state index contributed by atoms with van der Waals surface area (Å²) in [5.74, 6) is 0. The van der Waals surface area contributed by atoms with Gasteiger partial charge >= 0.3 is 0 Å². The molecule has 1 heterocycles. The van der Waals surface area contributed by atoms with E-state index in [4.69, 9.17) is 5.21 Å². The number of aryl methyl sites for hydroxylation is 2. The lowest BCUT2D eigenvalue weighted by Crippen LogP contribution is -2.19. The standard InChI is InChI=1S/C7H10N2O2/c1-5-3-6(8-11)7(10)9(2)4-5/h3-4,8,11H,1-2H3. The molecule has 0 spiro atoms. The second kappa shape index (κ2) is 2.75. The number of hydrogen-bond acceptors (Lipinski definition) is 3. The van der Waals surface area contributed by atoms with Gasteiger partial charge in [-0.05, 0) is 18.6 Å². The number of nitrogens with zero attached hydrogens (tertiary/aromatic N) is 1. The zero-order valence-corrected chi connectivity index (χ0v) is 6.46. The van der Waals surface area contributed by atoms with Crippen LogP contribution >= 0.6 is 0 Å². The maximum atomic E-state index is 11.1. The quantitative estimate of drug-likeness (QED) is 0.579. The minimum Gasteiger partial charge on any atom is -0.316 e. The first-order valence-electron chi connectivity index (χ1n) is 3.22. The molecule has 2 N–H and O–H groups in total. The highest BCUT2D eigenvalue weighted by molar-refractivity contribution is 5.40. The Bertz CT molecular complexity index is 317. The van der Waals surface area contributed by atoms with E-state index in [1.165, 1.54) is 4.57 Å². The Labute approximate surface area is 64.1 Å². The van der Waals surface area contributed by atoms with Crippen molar-refractivity contribution >= 4 is 5.69 Å². The van der Waals surface area contributed by atoms with Crippen LogP contribution in [0.15, 0.2) is 17.1 Å². The topological polar surface area (TPSA) is 54.3 Å². The number of anilines is 1. The molecule has 0 fully saturated rings. The Balaban J connectivity index is 3.37. The van der Waals surface area contributed by atoms with Crippen molar-refractivity contribution in [3.05, 3.63) is 28.2 Å². The Morgan fingerprint density at radius 1 is 1.64 bits per heavy atom. The molecule has 0 saturated heterocycles. The van der Waals surface area contributed by atoms with Crippen molar-refractivity contribution in [1.29, 1.82) is 0 Å². The van der Waals surface area contributed by atoms with Crippen LogP contribution in [0, 0.1) is 6.92 Å². The number of hydrogen-bond donors (Lipinski definition) is 2. The van der Waals surface area contributed by atoms with Crippen molar-refractivity contribution in [1.82, 2.24) is 4.57 Å². The van der Waals surface area contributed by atoms with Gasteiger partial charge in [-0.1, -0.05) is 0 Å². The lowest BCUT2D eigenvalue weighted by molar-refractivity contribution is 0.387. The molecule has 0 aromatic carbocycles. The van der Waals surface area contributed by atoms with Gasteiger partial charge in [-0.3, -0.25) is 15.5 Å². The van der Waals surface area contributed by atoms with Crippen LogP contribution in [0.5, 0.6) is 0 Å². The van der Waals surface area contributed by atoms with Crippen LogP contribution in [0.25, 0.3) is 0 Å². The maximum absolute atomic E-state index is 11.1. The SMILES string of the molecule is Cc1cc(NO)c(=O)n(C)c1. The smallest absolute Gasteiger partial charge is 0.275 e. The van der Waals surface area contributed by atoms with Crippen LogP contribution in [0.3, 0.4) is 0 Å². The molecule has 0 unspecified atom stereocenters. The molecule has 0 aliphatic rings. The molecule has 0 aliphatic carbocycles. The van der Waals surface area contributed by atoms with Crippen LogP contribution in [-0.2, 0) is 7.05 Å². The highest BCUT2D eigenvalue weighted by Crippen LogP contribution is 2.01. The molecule has 11 heavy (non-hydrogen) atoms. The summed E-state index contributed by atoms with van der Waals surface area (Å²) < 4.78 is 1.41. The molecule has 0 radical (unpaired) electrons. The summed E-state index contributed by atoms with van der Waals surface area (Å²) in [6, 6.07) is 1.59. The van der Waals surface area contributed by atoms with Gasteiger partial charge in [0.25, 0.3) is 5.56 Å². The Kier molecular flexibility index (Phi) is 1.96. The van der Waals surface area contributed by atoms with Crippen molar-refractivity contribution in [3.63, 3.8) is 0 Å². The lowest BCUT2D eigenvalue weighted by Gasteiger charge is -2.02. The van der Waals surface area contributed by atoms with Crippen molar-refractivity contribution in [2.45, 2.75) is 6.92 Å². The van der Waals surface area contributed by atoms with Gasteiger partial charge in [0.2, 0.25) is 0 Å². The van der Waals surface area contributed by atoms with E-state index in [1.54, 1.807) is 19.3 Å². The molecule has 1 aromatic rings. The summed E-state index contributed by atoms with van der Waals surface area (Å²) in [5.41, 5.74) is 2.73. The van der Waals surface area contributed by atoms with Gasteiger partial charge in [-0.2, -0.15) is 0 Å². The third kappa shape index (κ3) is 1.40. The molecule has 0 amide bonds. The largest absolute Gasteiger partial charge is 0.316 e. The molecule has 1 rings (SSSR count). The first kappa shape index (κ1) is 7.81. The predicted octanol–water partition coefficient (Wildman–Crippen LogP) is 0.495. The average molecular weight is 154 g/mol. The van der Waals surface area contributed by atoms with Gasteiger partial charge in [0.05, 0.1) is 0 Å². The minimum absolute atomic E-state index is 0.201. The van der Waals surface area contributed by atoms with E-state index in [1.807, 2.05) is 12.4 Å². The summed E-state index contributed by atoms with van der Waals surface area (Å²) in [6.45, 7) is 1.85. The molecule has 1 aromatic heterocycles. The number of nitrogens with one attached hydrogen (secondary N) is 1. The van der Waals surface area contributed by atoms with E-state index in [2.05, 4.69) is 0 Å². The van der Waals surface area contributed by atoms with E-state index in [0.29, 0.717) is 0 Å². The normalized spacial score (nSPS) is 9.73. The third-order valence-corrected chi connectivity index (χ3v) is 1.44. The minimum atomic E-state index is -0.238.